The van der Waals surface area contributed by atoms with Crippen LogP contribution in [0.25, 0.3) is 0 Å². The highest BCUT2D eigenvalue weighted by Gasteiger charge is 2.26. The standard InChI is InChI=1S/C22H31FN6S.HI/c1-24-22(27-18-8-11-29(15-18)21-20(23)7-2-9-25-21)26-13-17-5-3-10-28(14-17)16-19-6-4-12-30-19;/h2,4,6-7,9,12,17-18H,3,5,8,10-11,13-16H2,1H3,(H2,24,26,27);1H. The van der Waals surface area contributed by atoms with Crippen LogP contribution in [0.1, 0.15) is 24.1 Å². The summed E-state index contributed by atoms with van der Waals surface area (Å²) < 4.78 is 14.0. The van der Waals surface area contributed by atoms with Crippen LogP contribution in [0, 0.1) is 11.7 Å². The Labute approximate surface area is 205 Å². The Bertz CT molecular complexity index is 833. The molecule has 4 rings (SSSR count). The normalized spacial score (nSPS) is 22.3. The fourth-order valence-electron chi connectivity index (χ4n) is 4.39. The van der Waals surface area contributed by atoms with E-state index in [-0.39, 0.29) is 35.8 Å². The number of hydrogen-bond donors (Lipinski definition) is 2. The molecule has 2 aliphatic heterocycles. The van der Waals surface area contributed by atoms with Crippen molar-refractivity contribution in [1.82, 2.24) is 20.5 Å². The zero-order valence-electron chi connectivity index (χ0n) is 18.0. The number of halogens is 2. The van der Waals surface area contributed by atoms with E-state index in [4.69, 9.17) is 0 Å². The van der Waals surface area contributed by atoms with Gasteiger partial charge in [-0.2, -0.15) is 0 Å². The molecule has 2 fully saturated rings. The summed E-state index contributed by atoms with van der Waals surface area (Å²) in [5, 5.41) is 9.18. The first-order valence-electron chi connectivity index (χ1n) is 10.8. The topological polar surface area (TPSA) is 55.8 Å². The SMILES string of the molecule is CN=C(NCC1CCCN(Cc2cccs2)C1)NC1CCN(c2ncccc2F)C1.I. The number of aliphatic imine (C=N–C) groups is 1. The first-order chi connectivity index (χ1) is 14.7. The molecule has 4 heterocycles. The second-order valence-electron chi connectivity index (χ2n) is 8.16. The minimum Gasteiger partial charge on any atom is -0.356 e. The Morgan fingerprint density at radius 1 is 1.26 bits per heavy atom. The number of guanidine groups is 1. The molecule has 0 radical (unpaired) electrons. The minimum absolute atomic E-state index is 0. The first-order valence-corrected chi connectivity index (χ1v) is 11.7. The Hall–Kier alpha value is -1.46. The summed E-state index contributed by atoms with van der Waals surface area (Å²) in [5.74, 6) is 1.64. The van der Waals surface area contributed by atoms with E-state index in [1.165, 1.54) is 30.3 Å². The van der Waals surface area contributed by atoms with Crippen LogP contribution in [-0.2, 0) is 6.54 Å². The van der Waals surface area contributed by atoms with Gasteiger partial charge in [0.1, 0.15) is 0 Å². The van der Waals surface area contributed by atoms with E-state index in [2.05, 4.69) is 43.0 Å². The van der Waals surface area contributed by atoms with Crippen molar-refractivity contribution in [3.05, 3.63) is 46.5 Å². The third kappa shape index (κ3) is 6.76. The number of nitrogens with zero attached hydrogens (tertiary/aromatic N) is 4. The smallest absolute Gasteiger partial charge is 0.191 e. The van der Waals surface area contributed by atoms with Crippen molar-refractivity contribution in [3.63, 3.8) is 0 Å². The Morgan fingerprint density at radius 3 is 2.94 bits per heavy atom. The van der Waals surface area contributed by atoms with E-state index >= 15 is 0 Å². The Balaban J connectivity index is 0.00000272. The van der Waals surface area contributed by atoms with Gasteiger partial charge in [-0.1, -0.05) is 6.07 Å². The van der Waals surface area contributed by atoms with Crippen LogP contribution in [0.5, 0.6) is 0 Å². The van der Waals surface area contributed by atoms with Crippen LogP contribution in [0.15, 0.2) is 40.8 Å². The maximum absolute atomic E-state index is 14.0. The fourth-order valence-corrected chi connectivity index (χ4v) is 5.14. The van der Waals surface area contributed by atoms with Crippen molar-refractivity contribution < 1.29 is 4.39 Å². The number of aromatic nitrogens is 1. The highest BCUT2D eigenvalue weighted by molar-refractivity contribution is 14.0. The van der Waals surface area contributed by atoms with Gasteiger partial charge in [0.25, 0.3) is 0 Å². The number of nitrogens with one attached hydrogen (secondary N) is 2. The van der Waals surface area contributed by atoms with Gasteiger partial charge in [-0.15, -0.1) is 35.3 Å². The van der Waals surface area contributed by atoms with Crippen molar-refractivity contribution in [2.45, 2.75) is 31.8 Å². The lowest BCUT2D eigenvalue weighted by Gasteiger charge is -2.33. The van der Waals surface area contributed by atoms with Crippen molar-refractivity contribution in [3.8, 4) is 0 Å². The summed E-state index contributed by atoms with van der Waals surface area (Å²) in [6.45, 7) is 5.81. The molecule has 0 bridgehead atoms. The van der Waals surface area contributed by atoms with E-state index in [0.29, 0.717) is 11.7 Å². The molecule has 2 unspecified atom stereocenters. The molecule has 2 saturated heterocycles. The zero-order chi connectivity index (χ0) is 20.8. The molecule has 0 aromatic carbocycles. The Morgan fingerprint density at radius 2 is 2.16 bits per heavy atom. The van der Waals surface area contributed by atoms with Gasteiger partial charge >= 0.3 is 0 Å². The molecule has 0 aliphatic carbocycles. The summed E-state index contributed by atoms with van der Waals surface area (Å²) in [7, 11) is 1.81. The van der Waals surface area contributed by atoms with Gasteiger partial charge in [-0.25, -0.2) is 9.37 Å². The zero-order valence-corrected chi connectivity index (χ0v) is 21.1. The van der Waals surface area contributed by atoms with E-state index in [1.54, 1.807) is 12.3 Å². The first kappa shape index (κ1) is 24.2. The maximum Gasteiger partial charge on any atom is 0.191 e. The predicted molar refractivity (Wildman–Crippen MR) is 137 cm³/mol. The van der Waals surface area contributed by atoms with Crippen LogP contribution in [0.4, 0.5) is 10.2 Å². The highest BCUT2D eigenvalue weighted by Crippen LogP contribution is 2.21. The average Bonchev–Trinajstić information content (AvgIpc) is 3.44. The summed E-state index contributed by atoms with van der Waals surface area (Å²) in [4.78, 5) is 14.6. The lowest BCUT2D eigenvalue weighted by atomic mass is 9.98. The molecule has 0 spiro atoms. The number of anilines is 1. The number of piperidine rings is 1. The quantitative estimate of drug-likeness (QED) is 0.323. The summed E-state index contributed by atoms with van der Waals surface area (Å²) in [6.07, 6.45) is 5.08. The van der Waals surface area contributed by atoms with Crippen LogP contribution >= 0.6 is 35.3 Å². The van der Waals surface area contributed by atoms with Gasteiger partial charge in [0.15, 0.2) is 17.6 Å². The number of hydrogen-bond acceptors (Lipinski definition) is 5. The van der Waals surface area contributed by atoms with Gasteiger partial charge in [0.05, 0.1) is 0 Å². The molecule has 6 nitrogen and oxygen atoms in total. The van der Waals surface area contributed by atoms with Gasteiger partial charge in [0, 0.05) is 56.9 Å². The minimum atomic E-state index is -0.259. The lowest BCUT2D eigenvalue weighted by molar-refractivity contribution is 0.169. The van der Waals surface area contributed by atoms with Crippen LogP contribution < -0.4 is 15.5 Å². The largest absolute Gasteiger partial charge is 0.356 e. The molecule has 170 valence electrons. The molecule has 2 aromatic heterocycles. The fraction of sp³-hybridized carbons (Fsp3) is 0.545. The molecule has 31 heavy (non-hydrogen) atoms. The van der Waals surface area contributed by atoms with Crippen molar-refractivity contribution in [1.29, 1.82) is 0 Å². The van der Waals surface area contributed by atoms with Crippen LogP contribution in [0.3, 0.4) is 0 Å². The van der Waals surface area contributed by atoms with Crippen LogP contribution in [0.2, 0.25) is 0 Å². The van der Waals surface area contributed by atoms with Gasteiger partial charge < -0.3 is 15.5 Å². The summed E-state index contributed by atoms with van der Waals surface area (Å²) >= 11 is 1.84. The highest BCUT2D eigenvalue weighted by atomic mass is 127. The number of thiophene rings is 1. The van der Waals surface area contributed by atoms with Crippen molar-refractivity contribution in [2.24, 2.45) is 10.9 Å². The second kappa shape index (κ2) is 12.0. The molecular formula is C22H32FIN6S. The van der Waals surface area contributed by atoms with E-state index < -0.39 is 0 Å². The molecule has 0 saturated carbocycles. The number of rotatable bonds is 6. The molecule has 2 N–H and O–H groups in total. The molecule has 0 amide bonds. The molecular weight excluding hydrogens is 526 g/mol. The second-order valence-corrected chi connectivity index (χ2v) is 9.19. The molecule has 9 heteroatoms. The molecule has 2 atom stereocenters. The third-order valence-electron chi connectivity index (χ3n) is 5.91. The number of likely N-dealkylation sites (tertiary alicyclic amines) is 1. The summed E-state index contributed by atoms with van der Waals surface area (Å²) in [6, 6.07) is 7.68. The number of pyridine rings is 1. The van der Waals surface area contributed by atoms with Crippen molar-refractivity contribution >= 4 is 47.1 Å². The predicted octanol–water partition coefficient (Wildman–Crippen LogP) is 3.56. The van der Waals surface area contributed by atoms with Crippen molar-refractivity contribution in [2.75, 3.05) is 44.7 Å². The summed E-state index contributed by atoms with van der Waals surface area (Å²) in [5.41, 5.74) is 0. The average molecular weight is 559 g/mol. The third-order valence-corrected chi connectivity index (χ3v) is 6.77. The lowest BCUT2D eigenvalue weighted by Crippen LogP contribution is -2.47. The monoisotopic (exact) mass is 558 g/mol. The van der Waals surface area contributed by atoms with E-state index in [0.717, 1.165) is 45.1 Å². The van der Waals surface area contributed by atoms with Crippen LogP contribution in [-0.4, -0.2) is 61.7 Å². The molecule has 2 aliphatic rings. The molecule has 2 aromatic rings. The van der Waals surface area contributed by atoms with E-state index in [1.807, 2.05) is 23.3 Å². The van der Waals surface area contributed by atoms with E-state index in [9.17, 15) is 4.39 Å². The Kier molecular flexibility index (Phi) is 9.33. The maximum atomic E-state index is 14.0. The van der Waals surface area contributed by atoms with Gasteiger partial charge in [-0.05, 0) is 55.3 Å². The van der Waals surface area contributed by atoms with Gasteiger partial charge in [0.2, 0.25) is 0 Å². The van der Waals surface area contributed by atoms with Gasteiger partial charge in [-0.3, -0.25) is 9.89 Å².